The third-order valence-electron chi connectivity index (χ3n) is 3.31. The number of nitrogens with one attached hydrogen (secondary N) is 2. The van der Waals surface area contributed by atoms with Gasteiger partial charge in [-0.1, -0.05) is 0 Å². The number of furan rings is 1. The summed E-state index contributed by atoms with van der Waals surface area (Å²) >= 11 is 0. The molecule has 1 aromatic rings. The summed E-state index contributed by atoms with van der Waals surface area (Å²) < 4.78 is 5.45. The van der Waals surface area contributed by atoms with E-state index in [1.165, 1.54) is 0 Å². The summed E-state index contributed by atoms with van der Waals surface area (Å²) in [7, 11) is 0. The Morgan fingerprint density at radius 3 is 2.48 bits per heavy atom. The zero-order valence-corrected chi connectivity index (χ0v) is 13.2. The van der Waals surface area contributed by atoms with Crippen LogP contribution in [0, 0.1) is 13.8 Å². The van der Waals surface area contributed by atoms with E-state index in [1.54, 1.807) is 13.8 Å². The smallest absolute Gasteiger partial charge is 0.315 e. The average molecular weight is 296 g/mol. The van der Waals surface area contributed by atoms with Gasteiger partial charge in [0.2, 0.25) is 0 Å². The molecule has 0 saturated heterocycles. The van der Waals surface area contributed by atoms with Crippen LogP contribution >= 0.6 is 0 Å². The van der Waals surface area contributed by atoms with Crippen molar-refractivity contribution >= 4 is 12.0 Å². The van der Waals surface area contributed by atoms with Gasteiger partial charge in [-0.2, -0.15) is 0 Å². The molecule has 118 valence electrons. The molecule has 0 saturated carbocycles. The van der Waals surface area contributed by atoms with Crippen LogP contribution in [0.5, 0.6) is 0 Å². The van der Waals surface area contributed by atoms with Gasteiger partial charge < -0.3 is 20.2 Å². The molecular weight excluding hydrogens is 272 g/mol. The zero-order chi connectivity index (χ0) is 16.2. The highest BCUT2D eigenvalue weighted by Gasteiger charge is 2.23. The maximum atomic E-state index is 12.0. The summed E-state index contributed by atoms with van der Waals surface area (Å²) in [5.74, 6) is 0.715. The molecule has 0 bridgehead atoms. The molecule has 1 unspecified atom stereocenters. The second-order valence-electron chi connectivity index (χ2n) is 5.97. The maximum Gasteiger partial charge on any atom is 0.315 e. The van der Waals surface area contributed by atoms with Crippen molar-refractivity contribution in [3.05, 3.63) is 23.2 Å². The standard InChI is InChI=1S/C15H24N2O4/c1-9-8-12(11(3)21-9)10(2)16-14(20)17-15(4,5)7-6-13(18)19/h8,10H,6-7H2,1-5H3,(H,18,19)(H2,16,17,20). The molecule has 0 spiro atoms. The number of aryl methyl sites for hydroxylation is 2. The number of carboxylic acid groups (broad SMARTS) is 1. The van der Waals surface area contributed by atoms with Crippen LogP contribution in [0.2, 0.25) is 0 Å². The predicted octanol–water partition coefficient (Wildman–Crippen LogP) is 2.90. The molecule has 0 aliphatic carbocycles. The van der Waals surface area contributed by atoms with Gasteiger partial charge in [-0.25, -0.2) is 4.79 Å². The van der Waals surface area contributed by atoms with E-state index >= 15 is 0 Å². The van der Waals surface area contributed by atoms with Gasteiger partial charge in [0, 0.05) is 17.5 Å². The molecule has 0 aromatic carbocycles. The fourth-order valence-electron chi connectivity index (χ4n) is 2.18. The van der Waals surface area contributed by atoms with Crippen molar-refractivity contribution in [2.75, 3.05) is 0 Å². The van der Waals surface area contributed by atoms with Crippen molar-refractivity contribution in [2.45, 2.75) is 59.0 Å². The van der Waals surface area contributed by atoms with E-state index in [-0.39, 0.29) is 18.5 Å². The van der Waals surface area contributed by atoms with Crippen molar-refractivity contribution in [1.82, 2.24) is 10.6 Å². The van der Waals surface area contributed by atoms with Gasteiger partial charge in [0.25, 0.3) is 0 Å². The third kappa shape index (κ3) is 5.49. The summed E-state index contributed by atoms with van der Waals surface area (Å²) in [6.45, 7) is 9.19. The summed E-state index contributed by atoms with van der Waals surface area (Å²) in [5.41, 5.74) is 0.356. The fraction of sp³-hybridized carbons (Fsp3) is 0.600. The fourth-order valence-corrected chi connectivity index (χ4v) is 2.18. The second-order valence-corrected chi connectivity index (χ2v) is 5.97. The quantitative estimate of drug-likeness (QED) is 0.752. The molecule has 21 heavy (non-hydrogen) atoms. The van der Waals surface area contributed by atoms with Gasteiger partial charge in [-0.05, 0) is 47.1 Å². The Bertz CT molecular complexity index is 520. The lowest BCUT2D eigenvalue weighted by molar-refractivity contribution is -0.137. The first-order chi connectivity index (χ1) is 9.60. The number of hydrogen-bond acceptors (Lipinski definition) is 3. The molecule has 0 aliphatic rings. The van der Waals surface area contributed by atoms with Crippen molar-refractivity contribution in [1.29, 1.82) is 0 Å². The van der Waals surface area contributed by atoms with E-state index in [0.29, 0.717) is 6.42 Å². The van der Waals surface area contributed by atoms with Gasteiger partial charge in [0.1, 0.15) is 11.5 Å². The number of carbonyl (C=O) groups excluding carboxylic acids is 1. The van der Waals surface area contributed by atoms with Crippen molar-refractivity contribution in [3.8, 4) is 0 Å². The Labute approximate surface area is 124 Å². The van der Waals surface area contributed by atoms with E-state index in [4.69, 9.17) is 9.52 Å². The third-order valence-corrected chi connectivity index (χ3v) is 3.31. The molecule has 6 heteroatoms. The van der Waals surface area contributed by atoms with Crippen molar-refractivity contribution < 1.29 is 19.1 Å². The van der Waals surface area contributed by atoms with Crippen LogP contribution in [-0.4, -0.2) is 22.6 Å². The second kappa shape index (κ2) is 6.65. The summed E-state index contributed by atoms with van der Waals surface area (Å²) in [5, 5.41) is 14.3. The molecule has 0 aliphatic heterocycles. The van der Waals surface area contributed by atoms with Crippen LogP contribution in [0.15, 0.2) is 10.5 Å². The zero-order valence-electron chi connectivity index (χ0n) is 13.2. The van der Waals surface area contributed by atoms with Crippen molar-refractivity contribution in [2.24, 2.45) is 0 Å². The number of rotatable bonds is 6. The number of carbonyl (C=O) groups is 2. The molecule has 1 atom stereocenters. The number of carboxylic acids is 1. The molecule has 3 N–H and O–H groups in total. The average Bonchev–Trinajstić information content (AvgIpc) is 2.65. The summed E-state index contributed by atoms with van der Waals surface area (Å²) in [4.78, 5) is 22.6. The van der Waals surface area contributed by atoms with Crippen LogP contribution in [0.3, 0.4) is 0 Å². The topological polar surface area (TPSA) is 91.6 Å². The number of amides is 2. The van der Waals surface area contributed by atoms with Gasteiger partial charge in [0.15, 0.2) is 0 Å². The first-order valence-electron chi connectivity index (χ1n) is 6.98. The predicted molar refractivity (Wildman–Crippen MR) is 79.2 cm³/mol. The number of hydrogen-bond donors (Lipinski definition) is 3. The van der Waals surface area contributed by atoms with E-state index < -0.39 is 11.5 Å². The first-order valence-corrected chi connectivity index (χ1v) is 6.98. The lowest BCUT2D eigenvalue weighted by Gasteiger charge is -2.26. The monoisotopic (exact) mass is 296 g/mol. The van der Waals surface area contributed by atoms with Crippen LogP contribution in [-0.2, 0) is 4.79 Å². The highest BCUT2D eigenvalue weighted by atomic mass is 16.4. The number of urea groups is 1. The van der Waals surface area contributed by atoms with E-state index in [0.717, 1.165) is 17.1 Å². The van der Waals surface area contributed by atoms with E-state index in [1.807, 2.05) is 26.8 Å². The largest absolute Gasteiger partial charge is 0.481 e. The highest BCUT2D eigenvalue weighted by molar-refractivity contribution is 5.75. The van der Waals surface area contributed by atoms with Gasteiger partial charge in [-0.15, -0.1) is 0 Å². The SMILES string of the molecule is Cc1cc(C(C)NC(=O)NC(C)(C)CCC(=O)O)c(C)o1. The molecule has 1 rings (SSSR count). The molecule has 0 fully saturated rings. The van der Waals surface area contributed by atoms with Crippen LogP contribution in [0.25, 0.3) is 0 Å². The van der Waals surface area contributed by atoms with Crippen LogP contribution < -0.4 is 10.6 Å². The Morgan fingerprint density at radius 2 is 2.00 bits per heavy atom. The van der Waals surface area contributed by atoms with Crippen LogP contribution in [0.4, 0.5) is 4.79 Å². The lowest BCUT2D eigenvalue weighted by atomic mass is 9.99. The van der Waals surface area contributed by atoms with E-state index in [9.17, 15) is 9.59 Å². The molecule has 0 radical (unpaired) electrons. The first kappa shape index (κ1) is 17.1. The Hall–Kier alpha value is -1.98. The molecule has 1 aromatic heterocycles. The molecule has 2 amide bonds. The van der Waals surface area contributed by atoms with Gasteiger partial charge in [-0.3, -0.25) is 4.79 Å². The minimum absolute atomic E-state index is 0.0167. The summed E-state index contributed by atoms with van der Waals surface area (Å²) in [6.07, 6.45) is 0.386. The lowest BCUT2D eigenvalue weighted by Crippen LogP contribution is -2.49. The minimum Gasteiger partial charge on any atom is -0.481 e. The normalized spacial score (nSPS) is 12.8. The Kier molecular flexibility index (Phi) is 5.41. The van der Waals surface area contributed by atoms with Crippen LogP contribution in [0.1, 0.15) is 56.7 Å². The summed E-state index contributed by atoms with van der Waals surface area (Å²) in [6, 6.07) is 1.39. The number of aliphatic carboxylic acids is 1. The molecular formula is C15H24N2O4. The maximum absolute atomic E-state index is 12.0. The Balaban J connectivity index is 2.56. The van der Waals surface area contributed by atoms with Gasteiger partial charge >= 0.3 is 12.0 Å². The Morgan fingerprint density at radius 1 is 1.38 bits per heavy atom. The minimum atomic E-state index is -0.872. The van der Waals surface area contributed by atoms with E-state index in [2.05, 4.69) is 10.6 Å². The van der Waals surface area contributed by atoms with Gasteiger partial charge in [0.05, 0.1) is 6.04 Å². The molecule has 6 nitrogen and oxygen atoms in total. The molecule has 1 heterocycles. The highest BCUT2D eigenvalue weighted by Crippen LogP contribution is 2.21. The van der Waals surface area contributed by atoms with Crippen molar-refractivity contribution in [3.63, 3.8) is 0 Å².